The largest absolute Gasteiger partial charge is 0.493 e. The summed E-state index contributed by atoms with van der Waals surface area (Å²) in [5, 5.41) is 2.85. The van der Waals surface area contributed by atoms with Crippen molar-refractivity contribution in [2.75, 3.05) is 13.2 Å². The van der Waals surface area contributed by atoms with Gasteiger partial charge in [-0.05, 0) is 49.1 Å². The number of hydrogen-bond donors (Lipinski definition) is 1. The molecule has 0 radical (unpaired) electrons. The van der Waals surface area contributed by atoms with E-state index < -0.39 is 0 Å². The van der Waals surface area contributed by atoms with Crippen molar-refractivity contribution in [3.63, 3.8) is 0 Å². The molecule has 2 aliphatic heterocycles. The number of aryl methyl sites for hydroxylation is 1. The fourth-order valence-electron chi connectivity index (χ4n) is 4.60. The summed E-state index contributed by atoms with van der Waals surface area (Å²) in [5.74, 6) is 2.44. The summed E-state index contributed by atoms with van der Waals surface area (Å²) in [4.78, 5) is 32.0. The van der Waals surface area contributed by atoms with Crippen molar-refractivity contribution < 1.29 is 18.7 Å². The highest BCUT2D eigenvalue weighted by atomic mass is 16.5. The van der Waals surface area contributed by atoms with Crippen LogP contribution in [-0.2, 0) is 41.9 Å². The van der Waals surface area contributed by atoms with E-state index in [2.05, 4.69) is 20.9 Å². The number of carbonyl (C=O) groups excluding carboxylic acids is 2. The van der Waals surface area contributed by atoms with E-state index >= 15 is 0 Å². The lowest BCUT2D eigenvalue weighted by Gasteiger charge is -2.34. The number of nitrogens with zero attached hydrogens (tertiary/aromatic N) is 3. The van der Waals surface area contributed by atoms with Crippen LogP contribution >= 0.6 is 0 Å². The fraction of sp³-hybridized carbons (Fsp3) is 0.400. The Morgan fingerprint density at radius 2 is 2.12 bits per heavy atom. The van der Waals surface area contributed by atoms with Gasteiger partial charge in [-0.2, -0.15) is 0 Å². The van der Waals surface area contributed by atoms with E-state index in [1.807, 2.05) is 36.2 Å². The second kappa shape index (κ2) is 9.13. The van der Waals surface area contributed by atoms with Gasteiger partial charge in [-0.3, -0.25) is 9.59 Å². The minimum Gasteiger partial charge on any atom is -0.493 e. The molecule has 0 saturated heterocycles. The Balaban J connectivity index is 1.21. The average Bonchev–Trinajstić information content (AvgIpc) is 3.48. The maximum atomic E-state index is 13.1. The number of aromatic nitrogens is 2. The van der Waals surface area contributed by atoms with Crippen molar-refractivity contribution in [3.05, 3.63) is 71.2 Å². The van der Waals surface area contributed by atoms with Crippen LogP contribution in [-0.4, -0.2) is 39.4 Å². The number of fused-ring (bicyclic) bond motifs is 2. The molecule has 0 saturated carbocycles. The third-order valence-corrected chi connectivity index (χ3v) is 6.31. The predicted molar refractivity (Wildman–Crippen MR) is 121 cm³/mol. The van der Waals surface area contributed by atoms with Crippen molar-refractivity contribution in [1.29, 1.82) is 0 Å². The summed E-state index contributed by atoms with van der Waals surface area (Å²) in [5.41, 5.74) is 2.90. The summed E-state index contributed by atoms with van der Waals surface area (Å²) in [6.07, 6.45) is 6.06. The predicted octanol–water partition coefficient (Wildman–Crippen LogP) is 2.81. The number of imidazole rings is 1. The van der Waals surface area contributed by atoms with Gasteiger partial charge >= 0.3 is 0 Å². The molecule has 33 heavy (non-hydrogen) atoms. The van der Waals surface area contributed by atoms with Crippen molar-refractivity contribution in [1.82, 2.24) is 19.8 Å². The second-order valence-electron chi connectivity index (χ2n) is 8.65. The molecular formula is C25H28N4O4. The smallest absolute Gasteiger partial charge is 0.227 e. The molecular weight excluding hydrogens is 420 g/mol. The molecule has 1 aromatic carbocycles. The van der Waals surface area contributed by atoms with Crippen LogP contribution in [0.1, 0.15) is 47.8 Å². The van der Waals surface area contributed by atoms with Crippen molar-refractivity contribution in [2.24, 2.45) is 0 Å². The highest BCUT2D eigenvalue weighted by Gasteiger charge is 2.30. The Morgan fingerprint density at radius 1 is 1.21 bits per heavy atom. The molecule has 2 aromatic heterocycles. The second-order valence-corrected chi connectivity index (χ2v) is 8.65. The van der Waals surface area contributed by atoms with Crippen LogP contribution in [0.2, 0.25) is 0 Å². The number of ether oxygens (including phenoxy) is 1. The van der Waals surface area contributed by atoms with Crippen molar-refractivity contribution in [3.8, 4) is 5.75 Å². The number of amides is 2. The molecule has 0 unspecified atom stereocenters. The Labute approximate surface area is 192 Å². The molecule has 3 aromatic rings. The SMILES string of the molecule is C[C@@H]1c2nc(CC(=O)NCc3ccco3)cn2CCN1C(=O)Cc1ccc2c(c1)CCCO2. The highest BCUT2D eigenvalue weighted by molar-refractivity contribution is 5.79. The third kappa shape index (κ3) is 4.65. The molecule has 0 fully saturated rings. The lowest BCUT2D eigenvalue weighted by Crippen LogP contribution is -2.41. The lowest BCUT2D eigenvalue weighted by atomic mass is 10.0. The van der Waals surface area contributed by atoms with Crippen LogP contribution in [0.3, 0.4) is 0 Å². The topological polar surface area (TPSA) is 89.6 Å². The molecule has 0 spiro atoms. The molecule has 2 amide bonds. The van der Waals surface area contributed by atoms with E-state index in [0.29, 0.717) is 37.5 Å². The van der Waals surface area contributed by atoms with Crippen LogP contribution in [0.15, 0.2) is 47.2 Å². The van der Waals surface area contributed by atoms with Gasteiger partial charge in [0, 0.05) is 19.3 Å². The monoisotopic (exact) mass is 448 g/mol. The zero-order valence-electron chi connectivity index (χ0n) is 18.8. The number of rotatable bonds is 6. The number of carbonyl (C=O) groups is 2. The van der Waals surface area contributed by atoms with Crippen LogP contribution in [0, 0.1) is 0 Å². The maximum absolute atomic E-state index is 13.1. The third-order valence-electron chi connectivity index (χ3n) is 6.31. The number of nitrogens with one attached hydrogen (secondary N) is 1. The first-order valence-electron chi connectivity index (χ1n) is 11.5. The Kier molecular flexibility index (Phi) is 5.90. The van der Waals surface area contributed by atoms with Gasteiger partial charge in [0.25, 0.3) is 0 Å². The molecule has 0 bridgehead atoms. The molecule has 8 heteroatoms. The summed E-state index contributed by atoms with van der Waals surface area (Å²) in [7, 11) is 0. The Morgan fingerprint density at radius 3 is 2.97 bits per heavy atom. The van der Waals surface area contributed by atoms with E-state index in [1.165, 1.54) is 5.56 Å². The molecule has 5 rings (SSSR count). The van der Waals surface area contributed by atoms with Crippen molar-refractivity contribution in [2.45, 2.75) is 51.7 Å². The summed E-state index contributed by atoms with van der Waals surface area (Å²) in [6, 6.07) is 9.53. The zero-order chi connectivity index (χ0) is 22.8. The summed E-state index contributed by atoms with van der Waals surface area (Å²) < 4.78 is 13.0. The molecule has 1 N–H and O–H groups in total. The van der Waals surface area contributed by atoms with E-state index in [9.17, 15) is 9.59 Å². The average molecular weight is 449 g/mol. The minimum atomic E-state index is -0.146. The maximum Gasteiger partial charge on any atom is 0.227 e. The molecule has 1 atom stereocenters. The summed E-state index contributed by atoms with van der Waals surface area (Å²) in [6.45, 7) is 4.41. The first kappa shape index (κ1) is 21.3. The van der Waals surface area contributed by atoms with Crippen LogP contribution in [0.4, 0.5) is 0 Å². The van der Waals surface area contributed by atoms with Gasteiger partial charge in [-0.25, -0.2) is 4.98 Å². The molecule has 8 nitrogen and oxygen atoms in total. The molecule has 2 aliphatic rings. The van der Waals surface area contributed by atoms with Gasteiger partial charge in [-0.1, -0.05) is 12.1 Å². The van der Waals surface area contributed by atoms with Gasteiger partial charge < -0.3 is 23.9 Å². The first-order chi connectivity index (χ1) is 16.1. The normalized spacial score (nSPS) is 17.1. The zero-order valence-corrected chi connectivity index (χ0v) is 18.8. The number of benzene rings is 1. The van der Waals surface area contributed by atoms with Gasteiger partial charge in [0.2, 0.25) is 11.8 Å². The van der Waals surface area contributed by atoms with Crippen LogP contribution in [0.25, 0.3) is 0 Å². The standard InChI is InChI=1S/C25H28N4O4/c1-17-25-27-20(14-23(30)26-15-21-5-3-10-32-21)16-28(25)8-9-29(17)24(31)13-18-6-7-22-19(12-18)4-2-11-33-22/h3,5-7,10,12,16-17H,2,4,8-9,11,13-15H2,1H3,(H,26,30)/t17-/m1/s1. The molecule has 4 heterocycles. The van der Waals surface area contributed by atoms with E-state index in [4.69, 9.17) is 9.15 Å². The minimum absolute atomic E-state index is 0.0890. The van der Waals surface area contributed by atoms with E-state index in [1.54, 1.807) is 12.3 Å². The van der Waals surface area contributed by atoms with Gasteiger partial charge in [0.05, 0.1) is 44.0 Å². The quantitative estimate of drug-likeness (QED) is 0.626. The Bertz CT molecular complexity index is 1150. The molecule has 0 aliphatic carbocycles. The van der Waals surface area contributed by atoms with Gasteiger partial charge in [0.1, 0.15) is 17.3 Å². The number of furan rings is 1. The first-order valence-corrected chi connectivity index (χ1v) is 11.5. The van der Waals surface area contributed by atoms with Gasteiger partial charge in [0.15, 0.2) is 0 Å². The van der Waals surface area contributed by atoms with E-state index in [0.717, 1.165) is 36.6 Å². The lowest BCUT2D eigenvalue weighted by molar-refractivity contribution is -0.133. The van der Waals surface area contributed by atoms with Crippen molar-refractivity contribution >= 4 is 11.8 Å². The number of hydrogen-bond acceptors (Lipinski definition) is 5. The van der Waals surface area contributed by atoms with E-state index in [-0.39, 0.29) is 24.3 Å². The Hall–Kier alpha value is -3.55. The van der Waals surface area contributed by atoms with Crippen LogP contribution in [0.5, 0.6) is 5.75 Å². The van der Waals surface area contributed by atoms with Gasteiger partial charge in [-0.15, -0.1) is 0 Å². The fourth-order valence-corrected chi connectivity index (χ4v) is 4.60. The van der Waals surface area contributed by atoms with Crippen LogP contribution < -0.4 is 10.1 Å². The molecule has 172 valence electrons. The highest BCUT2D eigenvalue weighted by Crippen LogP contribution is 2.28. The summed E-state index contributed by atoms with van der Waals surface area (Å²) >= 11 is 0.